The summed E-state index contributed by atoms with van der Waals surface area (Å²) in [6, 6.07) is 8.39. The molecule has 0 spiro atoms. The Morgan fingerprint density at radius 2 is 1.76 bits per heavy atom. The Morgan fingerprint density at radius 3 is 2.33 bits per heavy atom. The number of hydrogen-bond donors (Lipinski definition) is 1. The summed E-state index contributed by atoms with van der Waals surface area (Å²) in [7, 11) is 0. The molecule has 0 aromatic heterocycles. The number of halogens is 1. The number of hydrogen-bond acceptors (Lipinski definition) is 3. The first kappa shape index (κ1) is 16.9. The average Bonchev–Trinajstić information content (AvgIpc) is 2.45. The van der Waals surface area contributed by atoms with Crippen LogP contribution in [-0.4, -0.2) is 48.1 Å². The first-order valence-corrected chi connectivity index (χ1v) is 8.64. The molecular formula is C17H28BrN3. The SMILES string of the molecule is CC(C)(C)N1CCN(CCC(N)c2ccccc2Br)CC1. The van der Waals surface area contributed by atoms with Gasteiger partial charge in [-0.1, -0.05) is 34.1 Å². The highest BCUT2D eigenvalue weighted by Crippen LogP contribution is 2.24. The van der Waals surface area contributed by atoms with Crippen molar-refractivity contribution in [1.29, 1.82) is 0 Å². The van der Waals surface area contributed by atoms with Crippen molar-refractivity contribution in [3.8, 4) is 0 Å². The summed E-state index contributed by atoms with van der Waals surface area (Å²) in [6.07, 6.45) is 1.01. The standard InChI is InChI=1S/C17H28BrN3/c1-17(2,3)21-12-10-20(11-13-21)9-8-16(19)14-6-4-5-7-15(14)18/h4-7,16H,8-13,19H2,1-3H3. The van der Waals surface area contributed by atoms with Gasteiger partial charge in [-0.2, -0.15) is 0 Å². The molecule has 4 heteroatoms. The van der Waals surface area contributed by atoms with Gasteiger partial charge in [0.1, 0.15) is 0 Å². The number of rotatable bonds is 4. The van der Waals surface area contributed by atoms with Gasteiger partial charge in [-0.05, 0) is 38.8 Å². The highest BCUT2D eigenvalue weighted by Gasteiger charge is 2.25. The van der Waals surface area contributed by atoms with E-state index in [9.17, 15) is 0 Å². The molecule has 2 N–H and O–H groups in total. The second-order valence-corrected chi connectivity index (χ2v) is 7.77. The van der Waals surface area contributed by atoms with Crippen LogP contribution in [0.5, 0.6) is 0 Å². The van der Waals surface area contributed by atoms with E-state index in [1.165, 1.54) is 5.56 Å². The normalized spacial score (nSPS) is 19.7. The van der Waals surface area contributed by atoms with Gasteiger partial charge in [0.25, 0.3) is 0 Å². The summed E-state index contributed by atoms with van der Waals surface area (Å²) < 4.78 is 1.12. The molecule has 0 aliphatic carbocycles. The zero-order chi connectivity index (χ0) is 15.5. The maximum Gasteiger partial charge on any atom is 0.0318 e. The summed E-state index contributed by atoms with van der Waals surface area (Å²) in [6.45, 7) is 12.6. The highest BCUT2D eigenvalue weighted by atomic mass is 79.9. The van der Waals surface area contributed by atoms with E-state index in [0.717, 1.165) is 43.6 Å². The molecule has 1 fully saturated rings. The molecule has 21 heavy (non-hydrogen) atoms. The predicted molar refractivity (Wildman–Crippen MR) is 93.5 cm³/mol. The summed E-state index contributed by atoms with van der Waals surface area (Å²) in [5, 5.41) is 0. The number of benzene rings is 1. The maximum atomic E-state index is 6.34. The molecule has 118 valence electrons. The number of nitrogens with zero attached hydrogens (tertiary/aromatic N) is 2. The third-order valence-electron chi connectivity index (χ3n) is 4.38. The fraction of sp³-hybridized carbons (Fsp3) is 0.647. The van der Waals surface area contributed by atoms with E-state index in [2.05, 4.69) is 64.7 Å². The Labute approximate surface area is 137 Å². The minimum atomic E-state index is 0.112. The molecule has 3 nitrogen and oxygen atoms in total. The van der Waals surface area contributed by atoms with Crippen LogP contribution < -0.4 is 5.73 Å². The summed E-state index contributed by atoms with van der Waals surface area (Å²) in [5.41, 5.74) is 7.85. The van der Waals surface area contributed by atoms with E-state index in [0.29, 0.717) is 0 Å². The lowest BCUT2D eigenvalue weighted by atomic mass is 10.0. The van der Waals surface area contributed by atoms with Gasteiger partial charge < -0.3 is 10.6 Å². The third kappa shape index (κ3) is 4.78. The first-order valence-electron chi connectivity index (χ1n) is 7.85. The lowest BCUT2D eigenvalue weighted by Crippen LogP contribution is -2.53. The number of nitrogens with two attached hydrogens (primary N) is 1. The molecule has 1 aliphatic rings. The minimum Gasteiger partial charge on any atom is -0.324 e. The molecular weight excluding hydrogens is 326 g/mol. The van der Waals surface area contributed by atoms with E-state index < -0.39 is 0 Å². The van der Waals surface area contributed by atoms with E-state index in [-0.39, 0.29) is 11.6 Å². The molecule has 2 rings (SSSR count). The van der Waals surface area contributed by atoms with Gasteiger partial charge in [0, 0.05) is 48.8 Å². The monoisotopic (exact) mass is 353 g/mol. The fourth-order valence-electron chi connectivity index (χ4n) is 2.90. The van der Waals surface area contributed by atoms with Gasteiger partial charge in [-0.3, -0.25) is 4.90 Å². The molecule has 1 heterocycles. The largest absolute Gasteiger partial charge is 0.324 e. The van der Waals surface area contributed by atoms with Crippen molar-refractivity contribution in [1.82, 2.24) is 9.80 Å². The highest BCUT2D eigenvalue weighted by molar-refractivity contribution is 9.10. The average molecular weight is 354 g/mol. The molecule has 0 saturated carbocycles. The Morgan fingerprint density at radius 1 is 1.14 bits per heavy atom. The number of piperazine rings is 1. The second kappa shape index (κ2) is 7.23. The lowest BCUT2D eigenvalue weighted by molar-refractivity contribution is 0.0611. The van der Waals surface area contributed by atoms with Crippen LogP contribution in [0.2, 0.25) is 0 Å². The van der Waals surface area contributed by atoms with Crippen molar-refractivity contribution < 1.29 is 0 Å². The molecule has 1 aliphatic heterocycles. The molecule has 1 atom stereocenters. The van der Waals surface area contributed by atoms with Crippen LogP contribution in [0.25, 0.3) is 0 Å². The zero-order valence-corrected chi connectivity index (χ0v) is 15.1. The van der Waals surface area contributed by atoms with Gasteiger partial charge in [-0.25, -0.2) is 0 Å². The van der Waals surface area contributed by atoms with Crippen LogP contribution in [-0.2, 0) is 0 Å². The van der Waals surface area contributed by atoms with E-state index in [1.54, 1.807) is 0 Å². The summed E-state index contributed by atoms with van der Waals surface area (Å²) in [4.78, 5) is 5.11. The molecule has 0 amide bonds. The van der Waals surface area contributed by atoms with Crippen LogP contribution >= 0.6 is 15.9 Å². The lowest BCUT2D eigenvalue weighted by Gasteiger charge is -2.42. The van der Waals surface area contributed by atoms with Gasteiger partial charge in [0.05, 0.1) is 0 Å². The van der Waals surface area contributed by atoms with Crippen molar-refractivity contribution >= 4 is 15.9 Å². The van der Waals surface area contributed by atoms with Gasteiger partial charge in [0.15, 0.2) is 0 Å². The van der Waals surface area contributed by atoms with Gasteiger partial charge >= 0.3 is 0 Å². The molecule has 1 saturated heterocycles. The molecule has 0 bridgehead atoms. The van der Waals surface area contributed by atoms with Crippen LogP contribution in [0, 0.1) is 0 Å². The molecule has 0 radical (unpaired) electrons. The Kier molecular flexibility index (Phi) is 5.83. The van der Waals surface area contributed by atoms with E-state index >= 15 is 0 Å². The van der Waals surface area contributed by atoms with Crippen LogP contribution in [0.1, 0.15) is 38.8 Å². The van der Waals surface area contributed by atoms with Crippen LogP contribution in [0.3, 0.4) is 0 Å². The summed E-state index contributed by atoms with van der Waals surface area (Å²) in [5.74, 6) is 0. The Balaban J connectivity index is 1.79. The fourth-order valence-corrected chi connectivity index (χ4v) is 3.47. The third-order valence-corrected chi connectivity index (χ3v) is 5.10. The van der Waals surface area contributed by atoms with Crippen molar-refractivity contribution in [2.45, 2.75) is 38.8 Å². The smallest absolute Gasteiger partial charge is 0.0318 e. The van der Waals surface area contributed by atoms with Crippen molar-refractivity contribution in [2.24, 2.45) is 5.73 Å². The second-order valence-electron chi connectivity index (χ2n) is 6.92. The van der Waals surface area contributed by atoms with Gasteiger partial charge in [-0.15, -0.1) is 0 Å². The van der Waals surface area contributed by atoms with Crippen molar-refractivity contribution in [2.75, 3.05) is 32.7 Å². The van der Waals surface area contributed by atoms with Crippen molar-refractivity contribution in [3.05, 3.63) is 34.3 Å². The zero-order valence-electron chi connectivity index (χ0n) is 13.5. The van der Waals surface area contributed by atoms with Crippen LogP contribution in [0.15, 0.2) is 28.7 Å². The van der Waals surface area contributed by atoms with Gasteiger partial charge in [0.2, 0.25) is 0 Å². The van der Waals surface area contributed by atoms with Crippen LogP contribution in [0.4, 0.5) is 0 Å². The quantitative estimate of drug-likeness (QED) is 0.901. The minimum absolute atomic E-state index is 0.112. The molecule has 1 unspecified atom stereocenters. The first-order chi connectivity index (χ1) is 9.88. The predicted octanol–water partition coefficient (Wildman–Crippen LogP) is 3.26. The van der Waals surface area contributed by atoms with E-state index in [4.69, 9.17) is 5.73 Å². The Hall–Kier alpha value is -0.420. The van der Waals surface area contributed by atoms with Crippen molar-refractivity contribution in [3.63, 3.8) is 0 Å². The Bertz CT molecular complexity index is 448. The topological polar surface area (TPSA) is 32.5 Å². The van der Waals surface area contributed by atoms with E-state index in [1.807, 2.05) is 6.07 Å². The molecule has 1 aromatic carbocycles. The maximum absolute atomic E-state index is 6.34. The summed E-state index contributed by atoms with van der Waals surface area (Å²) >= 11 is 3.59. The molecule has 1 aromatic rings.